The third-order valence-electron chi connectivity index (χ3n) is 4.52. The average molecular weight is 418 g/mol. The molecular weight excluding hydrogens is 391 g/mol. The molecule has 0 aliphatic carbocycles. The minimum absolute atomic E-state index is 0. The maximum Gasteiger partial charge on any atom is 0.193 e. The molecule has 22 heavy (non-hydrogen) atoms. The molecule has 3 rings (SSSR count). The maximum atomic E-state index is 5.66. The maximum absolute atomic E-state index is 5.66. The molecular formula is C16H27IN4O. The Kier molecular flexibility index (Phi) is 7.01. The van der Waals surface area contributed by atoms with Gasteiger partial charge in [0.05, 0.1) is 12.3 Å². The van der Waals surface area contributed by atoms with Gasteiger partial charge in [-0.15, -0.1) is 24.0 Å². The monoisotopic (exact) mass is 418 g/mol. The topological polar surface area (TPSA) is 44.0 Å². The minimum atomic E-state index is 0. The Bertz CT molecular complexity index is 451. The first kappa shape index (κ1) is 17.6. The largest absolute Gasteiger partial charge is 0.468 e. The number of aliphatic imine (C=N–C) groups is 1. The Morgan fingerprint density at radius 3 is 2.50 bits per heavy atom. The summed E-state index contributed by atoms with van der Waals surface area (Å²) in [6, 6.07) is 4.37. The van der Waals surface area contributed by atoms with Gasteiger partial charge in [0.15, 0.2) is 5.96 Å². The molecule has 6 heteroatoms. The van der Waals surface area contributed by atoms with E-state index in [1.54, 1.807) is 6.26 Å². The van der Waals surface area contributed by atoms with E-state index in [1.165, 1.54) is 25.7 Å². The van der Waals surface area contributed by atoms with Gasteiger partial charge in [-0.1, -0.05) is 0 Å². The Morgan fingerprint density at radius 2 is 1.91 bits per heavy atom. The molecule has 0 aromatic carbocycles. The lowest BCUT2D eigenvalue weighted by Gasteiger charge is -2.28. The summed E-state index contributed by atoms with van der Waals surface area (Å²) in [4.78, 5) is 9.30. The molecule has 1 aromatic heterocycles. The SMILES string of the molecule is CN=C(NCC(c1ccco1)N1CCCC1)N1CCCC1.I. The smallest absolute Gasteiger partial charge is 0.193 e. The first-order valence-corrected chi connectivity index (χ1v) is 8.11. The fourth-order valence-corrected chi connectivity index (χ4v) is 3.39. The van der Waals surface area contributed by atoms with Gasteiger partial charge in [0.1, 0.15) is 5.76 Å². The van der Waals surface area contributed by atoms with E-state index < -0.39 is 0 Å². The van der Waals surface area contributed by atoms with Gasteiger partial charge in [-0.3, -0.25) is 9.89 Å². The van der Waals surface area contributed by atoms with Crippen molar-refractivity contribution < 1.29 is 4.42 Å². The second-order valence-electron chi connectivity index (χ2n) is 5.90. The van der Waals surface area contributed by atoms with E-state index in [-0.39, 0.29) is 24.0 Å². The number of rotatable bonds is 4. The number of furan rings is 1. The summed E-state index contributed by atoms with van der Waals surface area (Å²) < 4.78 is 5.66. The fraction of sp³-hybridized carbons (Fsp3) is 0.688. The molecule has 2 saturated heterocycles. The zero-order valence-corrected chi connectivity index (χ0v) is 15.7. The molecule has 1 atom stereocenters. The van der Waals surface area contributed by atoms with E-state index >= 15 is 0 Å². The van der Waals surface area contributed by atoms with Gasteiger partial charge < -0.3 is 14.6 Å². The van der Waals surface area contributed by atoms with Crippen LogP contribution in [0.2, 0.25) is 0 Å². The highest BCUT2D eigenvalue weighted by molar-refractivity contribution is 14.0. The van der Waals surface area contributed by atoms with Gasteiger partial charge in [-0.25, -0.2) is 0 Å². The first-order chi connectivity index (χ1) is 10.4. The molecule has 2 aliphatic heterocycles. The molecule has 0 saturated carbocycles. The van der Waals surface area contributed by atoms with Crippen LogP contribution in [0.1, 0.15) is 37.5 Å². The van der Waals surface area contributed by atoms with Crippen LogP contribution in [0.15, 0.2) is 27.8 Å². The number of nitrogens with one attached hydrogen (secondary N) is 1. The van der Waals surface area contributed by atoms with Crippen molar-refractivity contribution in [2.75, 3.05) is 39.8 Å². The van der Waals surface area contributed by atoms with Crippen molar-refractivity contribution in [2.45, 2.75) is 31.7 Å². The molecule has 124 valence electrons. The van der Waals surface area contributed by atoms with Crippen molar-refractivity contribution in [1.29, 1.82) is 0 Å². The standard InChI is InChI=1S/C16H26N4O.HI/c1-17-16(20-10-4-5-11-20)18-13-14(15-7-6-12-21-15)19-8-2-3-9-19;/h6-7,12,14H,2-5,8-11,13H2,1H3,(H,17,18);1H. The molecule has 1 unspecified atom stereocenters. The van der Waals surface area contributed by atoms with E-state index in [9.17, 15) is 0 Å². The van der Waals surface area contributed by atoms with Crippen LogP contribution >= 0.6 is 24.0 Å². The number of halogens is 1. The Balaban J connectivity index is 0.00000176. The molecule has 0 amide bonds. The van der Waals surface area contributed by atoms with Crippen molar-refractivity contribution in [3.63, 3.8) is 0 Å². The van der Waals surface area contributed by atoms with Crippen LogP contribution in [0.4, 0.5) is 0 Å². The predicted octanol–water partition coefficient (Wildman–Crippen LogP) is 2.71. The molecule has 3 heterocycles. The van der Waals surface area contributed by atoms with Crippen molar-refractivity contribution in [3.8, 4) is 0 Å². The molecule has 2 aliphatic rings. The van der Waals surface area contributed by atoms with Gasteiger partial charge >= 0.3 is 0 Å². The number of hydrogen-bond acceptors (Lipinski definition) is 3. The summed E-state index contributed by atoms with van der Waals surface area (Å²) in [6.07, 6.45) is 6.90. The number of nitrogens with zero attached hydrogens (tertiary/aromatic N) is 3. The summed E-state index contributed by atoms with van der Waals surface area (Å²) in [6.45, 7) is 5.42. The van der Waals surface area contributed by atoms with E-state index in [1.807, 2.05) is 13.1 Å². The number of guanidine groups is 1. The molecule has 5 nitrogen and oxygen atoms in total. The number of hydrogen-bond donors (Lipinski definition) is 1. The number of likely N-dealkylation sites (tertiary alicyclic amines) is 2. The van der Waals surface area contributed by atoms with Gasteiger partial charge in [0, 0.05) is 26.7 Å². The Hall–Kier alpha value is -0.760. The lowest BCUT2D eigenvalue weighted by atomic mass is 10.2. The van der Waals surface area contributed by atoms with Crippen molar-refractivity contribution in [2.24, 2.45) is 4.99 Å². The molecule has 0 spiro atoms. The molecule has 1 aromatic rings. The summed E-state index contributed by atoms with van der Waals surface area (Å²) in [5.41, 5.74) is 0. The summed E-state index contributed by atoms with van der Waals surface area (Å²) in [7, 11) is 1.87. The predicted molar refractivity (Wildman–Crippen MR) is 99.8 cm³/mol. The van der Waals surface area contributed by atoms with E-state index in [0.717, 1.165) is 44.4 Å². The second-order valence-corrected chi connectivity index (χ2v) is 5.90. The summed E-state index contributed by atoms with van der Waals surface area (Å²) in [5.74, 6) is 2.09. The highest BCUT2D eigenvalue weighted by atomic mass is 127. The lowest BCUT2D eigenvalue weighted by Crippen LogP contribution is -2.43. The van der Waals surface area contributed by atoms with Gasteiger partial charge in [-0.05, 0) is 50.9 Å². The fourth-order valence-electron chi connectivity index (χ4n) is 3.39. The normalized spacial score (nSPS) is 21.0. The van der Waals surface area contributed by atoms with Crippen LogP contribution in [0.5, 0.6) is 0 Å². The van der Waals surface area contributed by atoms with Crippen LogP contribution in [0.25, 0.3) is 0 Å². The quantitative estimate of drug-likeness (QED) is 0.464. The van der Waals surface area contributed by atoms with Crippen LogP contribution in [-0.4, -0.2) is 55.5 Å². The average Bonchev–Trinajstić information content (AvgIpc) is 3.26. The van der Waals surface area contributed by atoms with Gasteiger partial charge in [0.25, 0.3) is 0 Å². The van der Waals surface area contributed by atoms with Crippen molar-refractivity contribution in [1.82, 2.24) is 15.1 Å². The lowest BCUT2D eigenvalue weighted by molar-refractivity contribution is 0.214. The van der Waals surface area contributed by atoms with Gasteiger partial charge in [0.2, 0.25) is 0 Å². The van der Waals surface area contributed by atoms with Crippen molar-refractivity contribution in [3.05, 3.63) is 24.2 Å². The third-order valence-corrected chi connectivity index (χ3v) is 4.52. The third kappa shape index (κ3) is 4.16. The second kappa shape index (κ2) is 8.76. The summed E-state index contributed by atoms with van der Waals surface area (Å²) >= 11 is 0. The van der Waals surface area contributed by atoms with Crippen LogP contribution in [-0.2, 0) is 0 Å². The summed E-state index contributed by atoms with van der Waals surface area (Å²) in [5, 5.41) is 3.55. The Morgan fingerprint density at radius 1 is 1.23 bits per heavy atom. The van der Waals surface area contributed by atoms with Crippen LogP contribution in [0.3, 0.4) is 0 Å². The molecule has 2 fully saturated rings. The molecule has 1 N–H and O–H groups in total. The first-order valence-electron chi connectivity index (χ1n) is 8.11. The van der Waals surface area contributed by atoms with Gasteiger partial charge in [-0.2, -0.15) is 0 Å². The zero-order chi connectivity index (χ0) is 14.5. The molecule has 0 radical (unpaired) electrons. The van der Waals surface area contributed by atoms with Crippen molar-refractivity contribution >= 4 is 29.9 Å². The van der Waals surface area contributed by atoms with Crippen LogP contribution < -0.4 is 5.32 Å². The van der Waals surface area contributed by atoms with E-state index in [0.29, 0.717) is 6.04 Å². The van der Waals surface area contributed by atoms with E-state index in [4.69, 9.17) is 4.42 Å². The van der Waals surface area contributed by atoms with E-state index in [2.05, 4.69) is 26.2 Å². The zero-order valence-electron chi connectivity index (χ0n) is 13.3. The Labute approximate surface area is 150 Å². The highest BCUT2D eigenvalue weighted by Gasteiger charge is 2.26. The highest BCUT2D eigenvalue weighted by Crippen LogP contribution is 2.25. The minimum Gasteiger partial charge on any atom is -0.468 e. The van der Waals surface area contributed by atoms with Crippen LogP contribution in [0, 0.1) is 0 Å². The molecule has 0 bridgehead atoms.